The molecule has 0 bridgehead atoms. The molecule has 0 aromatic heterocycles. The van der Waals surface area contributed by atoms with Crippen LogP contribution in [0.25, 0.3) is 0 Å². The van der Waals surface area contributed by atoms with Crippen LogP contribution >= 0.6 is 0 Å². The molecular formula is C15H24N2O3. The molecule has 4 N–H and O–H groups in total. The number of aliphatic hydroxyl groups excluding tert-OH is 1. The number of nitrogens with one attached hydrogen (secondary N) is 1. The Kier molecular flexibility index (Phi) is 5.82. The van der Waals surface area contributed by atoms with Gasteiger partial charge in [0, 0.05) is 5.56 Å². The summed E-state index contributed by atoms with van der Waals surface area (Å²) in [7, 11) is 0. The molecule has 0 aliphatic carbocycles. The lowest BCUT2D eigenvalue weighted by molar-refractivity contribution is 0.0818. The van der Waals surface area contributed by atoms with Gasteiger partial charge in [-0.05, 0) is 38.0 Å². The molecule has 0 saturated carbocycles. The Morgan fingerprint density at radius 3 is 2.45 bits per heavy atom. The molecule has 5 nitrogen and oxygen atoms in total. The van der Waals surface area contributed by atoms with Gasteiger partial charge in [-0.15, -0.1) is 0 Å². The number of carbonyl (C=O) groups excluding carboxylic acids is 1. The normalized spacial score (nSPS) is 11.2. The molecule has 0 aliphatic heterocycles. The molecule has 0 aliphatic rings. The van der Waals surface area contributed by atoms with Crippen LogP contribution in [0.5, 0.6) is 5.75 Å². The Bertz CT molecular complexity index is 448. The molecular weight excluding hydrogens is 256 g/mol. The number of aliphatic hydroxyl groups is 1. The highest BCUT2D eigenvalue weighted by molar-refractivity contribution is 5.96. The van der Waals surface area contributed by atoms with Gasteiger partial charge < -0.3 is 20.9 Å². The van der Waals surface area contributed by atoms with Crippen LogP contribution in [-0.2, 0) is 0 Å². The second-order valence-corrected chi connectivity index (χ2v) is 4.79. The molecule has 0 unspecified atom stereocenters. The van der Waals surface area contributed by atoms with Gasteiger partial charge in [0.2, 0.25) is 0 Å². The second kappa shape index (κ2) is 7.14. The summed E-state index contributed by atoms with van der Waals surface area (Å²) in [5, 5.41) is 12.4. The summed E-state index contributed by atoms with van der Waals surface area (Å²) in [6.45, 7) is 6.19. The van der Waals surface area contributed by atoms with E-state index in [1.165, 1.54) is 0 Å². The highest BCUT2D eigenvalue weighted by Gasteiger charge is 2.27. The van der Waals surface area contributed by atoms with Crippen LogP contribution in [-0.4, -0.2) is 29.8 Å². The predicted molar refractivity (Wildman–Crippen MR) is 79.9 cm³/mol. The zero-order chi connectivity index (χ0) is 15.2. The molecule has 0 saturated heterocycles. The van der Waals surface area contributed by atoms with Crippen LogP contribution in [0.3, 0.4) is 0 Å². The Balaban J connectivity index is 2.90. The molecule has 0 atom stereocenters. The second-order valence-electron chi connectivity index (χ2n) is 4.79. The smallest absolute Gasteiger partial charge is 0.251 e. The first-order valence-electron chi connectivity index (χ1n) is 6.97. The van der Waals surface area contributed by atoms with Crippen LogP contribution in [0, 0.1) is 0 Å². The van der Waals surface area contributed by atoms with E-state index in [-0.39, 0.29) is 12.5 Å². The number of ether oxygens (including phenoxy) is 1. The first-order valence-corrected chi connectivity index (χ1v) is 6.97. The van der Waals surface area contributed by atoms with Gasteiger partial charge in [0.1, 0.15) is 5.75 Å². The van der Waals surface area contributed by atoms with Gasteiger partial charge in [0.05, 0.1) is 24.4 Å². The van der Waals surface area contributed by atoms with E-state index in [0.29, 0.717) is 36.4 Å². The van der Waals surface area contributed by atoms with E-state index in [0.717, 1.165) is 0 Å². The van der Waals surface area contributed by atoms with Crippen LogP contribution in [0.2, 0.25) is 0 Å². The number of carbonyl (C=O) groups is 1. The minimum atomic E-state index is -0.579. The largest absolute Gasteiger partial charge is 0.492 e. The van der Waals surface area contributed by atoms with E-state index in [1.54, 1.807) is 18.2 Å². The summed E-state index contributed by atoms with van der Waals surface area (Å²) in [6.07, 6.45) is 1.33. The Hall–Kier alpha value is -1.75. The molecule has 1 aromatic carbocycles. The van der Waals surface area contributed by atoms with Crippen molar-refractivity contribution in [3.63, 3.8) is 0 Å². The van der Waals surface area contributed by atoms with Crippen molar-refractivity contribution in [1.29, 1.82) is 0 Å². The third-order valence-electron chi connectivity index (χ3n) is 3.61. The molecule has 0 fully saturated rings. The quantitative estimate of drug-likeness (QED) is 0.666. The van der Waals surface area contributed by atoms with E-state index in [9.17, 15) is 9.90 Å². The van der Waals surface area contributed by atoms with Gasteiger partial charge in [-0.1, -0.05) is 13.8 Å². The zero-order valence-corrected chi connectivity index (χ0v) is 12.4. The zero-order valence-electron chi connectivity index (χ0n) is 12.4. The molecule has 112 valence electrons. The number of hydrogen-bond acceptors (Lipinski definition) is 4. The molecule has 20 heavy (non-hydrogen) atoms. The van der Waals surface area contributed by atoms with E-state index in [1.807, 2.05) is 20.8 Å². The SMILES string of the molecule is CCOc1ccc(C(=O)NC(CC)(CC)CO)cc1N. The molecule has 1 amide bonds. The van der Waals surface area contributed by atoms with Crippen LogP contribution in [0.15, 0.2) is 18.2 Å². The number of hydrogen-bond donors (Lipinski definition) is 3. The van der Waals surface area contributed by atoms with Gasteiger partial charge in [-0.25, -0.2) is 0 Å². The molecule has 0 heterocycles. The molecule has 5 heteroatoms. The third kappa shape index (κ3) is 3.63. The highest BCUT2D eigenvalue weighted by atomic mass is 16.5. The number of rotatable bonds is 7. The number of anilines is 1. The lowest BCUT2D eigenvalue weighted by atomic mass is 9.93. The van der Waals surface area contributed by atoms with Crippen molar-refractivity contribution in [2.75, 3.05) is 18.9 Å². The molecule has 1 aromatic rings. The van der Waals surface area contributed by atoms with Gasteiger partial charge in [-0.3, -0.25) is 4.79 Å². The fraction of sp³-hybridized carbons (Fsp3) is 0.533. The minimum absolute atomic E-state index is 0.0851. The maximum absolute atomic E-state index is 12.2. The summed E-state index contributed by atoms with van der Waals surface area (Å²) in [6, 6.07) is 4.95. The van der Waals surface area contributed by atoms with Crippen molar-refractivity contribution in [2.24, 2.45) is 0 Å². The van der Waals surface area contributed by atoms with Crippen molar-refractivity contribution in [3.8, 4) is 5.75 Å². The van der Waals surface area contributed by atoms with Crippen molar-refractivity contribution >= 4 is 11.6 Å². The molecule has 0 radical (unpaired) electrons. The first-order chi connectivity index (χ1) is 9.51. The summed E-state index contributed by atoms with van der Waals surface area (Å²) in [5.41, 5.74) is 6.17. The van der Waals surface area contributed by atoms with Crippen molar-refractivity contribution in [2.45, 2.75) is 39.2 Å². The van der Waals surface area contributed by atoms with E-state index in [2.05, 4.69) is 5.32 Å². The number of nitrogens with two attached hydrogens (primary N) is 1. The topological polar surface area (TPSA) is 84.6 Å². The van der Waals surface area contributed by atoms with Crippen molar-refractivity contribution < 1.29 is 14.6 Å². The van der Waals surface area contributed by atoms with Crippen molar-refractivity contribution in [3.05, 3.63) is 23.8 Å². The predicted octanol–water partition coefficient (Wildman–Crippen LogP) is 1.95. The first kappa shape index (κ1) is 16.3. The molecule has 0 spiro atoms. The van der Waals surface area contributed by atoms with Gasteiger partial charge in [-0.2, -0.15) is 0 Å². The summed E-state index contributed by atoms with van der Waals surface area (Å²) < 4.78 is 5.34. The third-order valence-corrected chi connectivity index (χ3v) is 3.61. The van der Waals surface area contributed by atoms with E-state index in [4.69, 9.17) is 10.5 Å². The van der Waals surface area contributed by atoms with Gasteiger partial charge in [0.25, 0.3) is 5.91 Å². The van der Waals surface area contributed by atoms with Crippen LogP contribution < -0.4 is 15.8 Å². The standard InChI is InChI=1S/C15H24N2O3/c1-4-15(5-2,10-18)17-14(19)11-7-8-13(20-6-3)12(16)9-11/h7-9,18H,4-6,10,16H2,1-3H3,(H,17,19). The average molecular weight is 280 g/mol. The minimum Gasteiger partial charge on any atom is -0.492 e. The van der Waals surface area contributed by atoms with Crippen LogP contribution in [0.4, 0.5) is 5.69 Å². The lowest BCUT2D eigenvalue weighted by Crippen LogP contribution is -2.50. The summed E-state index contributed by atoms with van der Waals surface area (Å²) in [5.74, 6) is 0.334. The number of benzene rings is 1. The Labute approximate surface area is 120 Å². The Morgan fingerprint density at radius 1 is 1.35 bits per heavy atom. The Morgan fingerprint density at radius 2 is 2.00 bits per heavy atom. The fourth-order valence-electron chi connectivity index (χ4n) is 1.98. The summed E-state index contributed by atoms with van der Waals surface area (Å²) >= 11 is 0. The van der Waals surface area contributed by atoms with Gasteiger partial charge >= 0.3 is 0 Å². The monoisotopic (exact) mass is 280 g/mol. The maximum atomic E-state index is 12.2. The fourth-order valence-corrected chi connectivity index (χ4v) is 1.98. The van der Waals surface area contributed by atoms with Gasteiger partial charge in [0.15, 0.2) is 0 Å². The van der Waals surface area contributed by atoms with E-state index >= 15 is 0 Å². The summed E-state index contributed by atoms with van der Waals surface area (Å²) in [4.78, 5) is 12.2. The number of nitrogen functional groups attached to an aromatic ring is 1. The van der Waals surface area contributed by atoms with E-state index < -0.39 is 5.54 Å². The van der Waals surface area contributed by atoms with Crippen LogP contribution in [0.1, 0.15) is 44.0 Å². The van der Waals surface area contributed by atoms with Crippen molar-refractivity contribution in [1.82, 2.24) is 5.32 Å². The lowest BCUT2D eigenvalue weighted by Gasteiger charge is -2.30. The number of amides is 1. The highest BCUT2D eigenvalue weighted by Crippen LogP contribution is 2.23. The average Bonchev–Trinajstić information content (AvgIpc) is 2.47. The molecule has 1 rings (SSSR count). The maximum Gasteiger partial charge on any atom is 0.251 e.